The van der Waals surface area contributed by atoms with Crippen LogP contribution in [-0.4, -0.2) is 28.6 Å². The van der Waals surface area contributed by atoms with Crippen molar-refractivity contribution in [2.75, 3.05) is 19.0 Å². The fourth-order valence-corrected chi connectivity index (χ4v) is 3.46. The molecule has 0 radical (unpaired) electrons. The molecule has 1 aliphatic carbocycles. The molecule has 0 amide bonds. The molecule has 7 heteroatoms. The fraction of sp³-hybridized carbons (Fsp3) is 0.208. The molecule has 0 spiro atoms. The second-order valence-corrected chi connectivity index (χ2v) is 7.64. The summed E-state index contributed by atoms with van der Waals surface area (Å²) in [6, 6.07) is 11.3. The lowest BCUT2D eigenvalue weighted by atomic mass is 10.0. The van der Waals surface area contributed by atoms with Gasteiger partial charge < -0.3 is 10.1 Å². The highest BCUT2D eigenvalue weighted by atomic mass is 19.2. The second-order valence-electron chi connectivity index (χ2n) is 7.64. The van der Waals surface area contributed by atoms with Gasteiger partial charge in [-0.3, -0.25) is 4.98 Å². The van der Waals surface area contributed by atoms with Gasteiger partial charge in [-0.05, 0) is 66.3 Å². The minimum absolute atomic E-state index is 0.529. The first-order valence-electron chi connectivity index (χ1n) is 10.1. The molecule has 31 heavy (non-hydrogen) atoms. The molecule has 1 N–H and O–H groups in total. The van der Waals surface area contributed by atoms with Crippen LogP contribution in [0.25, 0.3) is 33.4 Å². The van der Waals surface area contributed by atoms with Crippen LogP contribution in [-0.2, 0) is 0 Å². The third-order valence-electron chi connectivity index (χ3n) is 5.35. The topological polar surface area (TPSA) is 59.9 Å². The second kappa shape index (κ2) is 7.91. The van der Waals surface area contributed by atoms with Gasteiger partial charge in [0.25, 0.3) is 0 Å². The van der Waals surface area contributed by atoms with Gasteiger partial charge >= 0.3 is 0 Å². The van der Waals surface area contributed by atoms with Crippen molar-refractivity contribution in [1.29, 1.82) is 0 Å². The van der Waals surface area contributed by atoms with E-state index in [-0.39, 0.29) is 0 Å². The zero-order valence-electron chi connectivity index (χ0n) is 16.9. The number of ether oxygens (including phenoxy) is 1. The van der Waals surface area contributed by atoms with Gasteiger partial charge in [-0.2, -0.15) is 0 Å². The molecule has 156 valence electrons. The molecule has 0 atom stereocenters. The van der Waals surface area contributed by atoms with Gasteiger partial charge in [-0.15, -0.1) is 0 Å². The van der Waals surface area contributed by atoms with Crippen LogP contribution < -0.4 is 10.1 Å². The van der Waals surface area contributed by atoms with Crippen molar-refractivity contribution < 1.29 is 13.5 Å². The van der Waals surface area contributed by atoms with Crippen molar-refractivity contribution in [3.63, 3.8) is 0 Å². The van der Waals surface area contributed by atoms with Crippen LogP contribution in [0.2, 0.25) is 0 Å². The summed E-state index contributed by atoms with van der Waals surface area (Å²) in [5.41, 5.74) is 2.70. The monoisotopic (exact) mass is 418 g/mol. The Kier molecular flexibility index (Phi) is 4.94. The van der Waals surface area contributed by atoms with E-state index >= 15 is 0 Å². The zero-order chi connectivity index (χ0) is 21.4. The van der Waals surface area contributed by atoms with E-state index < -0.39 is 11.6 Å². The lowest BCUT2D eigenvalue weighted by Crippen LogP contribution is -2.04. The SMILES string of the molecule is CNc1nc(-c2cccnc2)nc2c(OCC3CC3)cc(-c3ccc(F)c(F)c3)cc12. The van der Waals surface area contributed by atoms with Crippen LogP contribution in [0.15, 0.2) is 54.9 Å². The normalized spacial score (nSPS) is 13.4. The number of anilines is 1. The molecule has 5 nitrogen and oxygen atoms in total. The molecule has 2 aromatic heterocycles. The molecule has 0 bridgehead atoms. The summed E-state index contributed by atoms with van der Waals surface area (Å²) in [5.74, 6) is 0.509. The van der Waals surface area contributed by atoms with Crippen molar-refractivity contribution in [3.8, 4) is 28.3 Å². The maximum absolute atomic E-state index is 13.9. The molecule has 2 aromatic carbocycles. The van der Waals surface area contributed by atoms with Crippen LogP contribution in [0.3, 0.4) is 0 Å². The number of rotatable bonds is 6. The van der Waals surface area contributed by atoms with Crippen molar-refractivity contribution in [2.45, 2.75) is 12.8 Å². The number of fused-ring (bicyclic) bond motifs is 1. The summed E-state index contributed by atoms with van der Waals surface area (Å²) < 4.78 is 33.5. The van der Waals surface area contributed by atoms with E-state index in [1.807, 2.05) is 24.3 Å². The number of hydrogen-bond acceptors (Lipinski definition) is 5. The summed E-state index contributed by atoms with van der Waals surface area (Å²) >= 11 is 0. The maximum Gasteiger partial charge on any atom is 0.163 e. The molecular weight excluding hydrogens is 398 g/mol. The van der Waals surface area contributed by atoms with Crippen molar-refractivity contribution in [2.24, 2.45) is 5.92 Å². The molecule has 1 saturated carbocycles. The Morgan fingerprint density at radius 1 is 1.00 bits per heavy atom. The van der Waals surface area contributed by atoms with Gasteiger partial charge in [0.15, 0.2) is 17.5 Å². The smallest absolute Gasteiger partial charge is 0.163 e. The van der Waals surface area contributed by atoms with Crippen molar-refractivity contribution in [1.82, 2.24) is 15.0 Å². The van der Waals surface area contributed by atoms with Gasteiger partial charge in [0.2, 0.25) is 0 Å². The van der Waals surface area contributed by atoms with E-state index in [1.165, 1.54) is 6.07 Å². The zero-order valence-corrected chi connectivity index (χ0v) is 16.9. The average Bonchev–Trinajstić information content (AvgIpc) is 3.63. The lowest BCUT2D eigenvalue weighted by Gasteiger charge is -2.15. The summed E-state index contributed by atoms with van der Waals surface area (Å²) in [5, 5.41) is 3.86. The summed E-state index contributed by atoms with van der Waals surface area (Å²) in [7, 11) is 1.78. The highest BCUT2D eigenvalue weighted by molar-refractivity contribution is 5.97. The average molecular weight is 418 g/mol. The summed E-state index contributed by atoms with van der Waals surface area (Å²) in [4.78, 5) is 13.6. The van der Waals surface area contributed by atoms with E-state index in [4.69, 9.17) is 9.72 Å². The van der Waals surface area contributed by atoms with Gasteiger partial charge in [0.1, 0.15) is 17.1 Å². The predicted octanol–water partition coefficient (Wildman–Crippen LogP) is 5.47. The molecule has 2 heterocycles. The highest BCUT2D eigenvalue weighted by Crippen LogP contribution is 2.37. The Bertz CT molecular complexity index is 1260. The quantitative estimate of drug-likeness (QED) is 0.450. The predicted molar refractivity (Wildman–Crippen MR) is 116 cm³/mol. The maximum atomic E-state index is 13.9. The van der Waals surface area contributed by atoms with Crippen molar-refractivity contribution in [3.05, 3.63) is 66.5 Å². The number of benzene rings is 2. The van der Waals surface area contributed by atoms with E-state index in [0.29, 0.717) is 46.6 Å². The van der Waals surface area contributed by atoms with Crippen molar-refractivity contribution >= 4 is 16.7 Å². The molecule has 5 rings (SSSR count). The number of aromatic nitrogens is 3. The largest absolute Gasteiger partial charge is 0.491 e. The summed E-state index contributed by atoms with van der Waals surface area (Å²) in [6.45, 7) is 0.595. The van der Waals surface area contributed by atoms with Crippen LogP contribution in [0.5, 0.6) is 5.75 Å². The number of pyridine rings is 1. The Balaban J connectivity index is 1.70. The van der Waals surface area contributed by atoms with Gasteiger partial charge in [0.05, 0.1) is 6.61 Å². The Morgan fingerprint density at radius 2 is 1.87 bits per heavy atom. The highest BCUT2D eigenvalue weighted by Gasteiger charge is 2.23. The van der Waals surface area contributed by atoms with E-state index in [9.17, 15) is 8.78 Å². The first-order valence-corrected chi connectivity index (χ1v) is 10.1. The lowest BCUT2D eigenvalue weighted by molar-refractivity contribution is 0.303. The number of hydrogen-bond donors (Lipinski definition) is 1. The van der Waals surface area contributed by atoms with E-state index in [0.717, 1.165) is 29.9 Å². The Morgan fingerprint density at radius 3 is 2.58 bits per heavy atom. The number of nitrogens with zero attached hydrogens (tertiary/aromatic N) is 3. The molecule has 0 saturated heterocycles. The minimum Gasteiger partial charge on any atom is -0.491 e. The number of nitrogens with one attached hydrogen (secondary N) is 1. The molecule has 1 aliphatic rings. The van der Waals surface area contributed by atoms with Crippen LogP contribution >= 0.6 is 0 Å². The van der Waals surface area contributed by atoms with Crippen LogP contribution in [0.1, 0.15) is 12.8 Å². The molecule has 1 fully saturated rings. The molecular formula is C24H20F2N4O. The van der Waals surface area contributed by atoms with Gasteiger partial charge in [0, 0.05) is 30.4 Å². The Labute approximate surface area is 178 Å². The third-order valence-corrected chi connectivity index (χ3v) is 5.35. The summed E-state index contributed by atoms with van der Waals surface area (Å²) in [6.07, 6.45) is 5.71. The van der Waals surface area contributed by atoms with Crippen LogP contribution in [0.4, 0.5) is 14.6 Å². The van der Waals surface area contributed by atoms with Crippen LogP contribution in [0, 0.1) is 17.6 Å². The minimum atomic E-state index is -0.893. The van der Waals surface area contributed by atoms with E-state index in [1.54, 1.807) is 25.5 Å². The number of halogens is 2. The van der Waals surface area contributed by atoms with Gasteiger partial charge in [-0.25, -0.2) is 18.7 Å². The first kappa shape index (κ1) is 19.4. The fourth-order valence-electron chi connectivity index (χ4n) is 3.46. The third kappa shape index (κ3) is 3.91. The van der Waals surface area contributed by atoms with E-state index in [2.05, 4.69) is 15.3 Å². The molecule has 0 aliphatic heterocycles. The molecule has 0 unspecified atom stereocenters. The standard InChI is InChI=1S/C24H20F2N4O/c1-27-24-18-9-17(15-6-7-19(25)20(26)10-15)11-21(31-13-14-4-5-14)22(18)29-23(30-24)16-3-2-8-28-12-16/h2-3,6-12,14H,4-5,13H2,1H3,(H,27,29,30). The first-order chi connectivity index (χ1) is 15.1. The molecule has 4 aromatic rings. The van der Waals surface area contributed by atoms with Gasteiger partial charge in [-0.1, -0.05) is 6.07 Å². The Hall–Kier alpha value is -3.61.